The van der Waals surface area contributed by atoms with E-state index in [1.807, 2.05) is 33.8 Å². The van der Waals surface area contributed by atoms with E-state index in [9.17, 15) is 16.8 Å². The van der Waals surface area contributed by atoms with Crippen LogP contribution in [0, 0.1) is 27.7 Å². The normalized spacial score (nSPS) is 19.4. The number of benzene rings is 1. The minimum atomic E-state index is -3.64. The van der Waals surface area contributed by atoms with Gasteiger partial charge in [-0.1, -0.05) is 6.07 Å². The van der Waals surface area contributed by atoms with E-state index in [1.54, 1.807) is 23.9 Å². The van der Waals surface area contributed by atoms with Gasteiger partial charge in [0.15, 0.2) is 9.84 Å². The summed E-state index contributed by atoms with van der Waals surface area (Å²) >= 11 is 0. The van der Waals surface area contributed by atoms with Crippen molar-refractivity contribution in [1.82, 2.24) is 14.1 Å². The van der Waals surface area contributed by atoms with Crippen LogP contribution >= 0.6 is 0 Å². The maximum Gasteiger partial charge on any atom is 0.243 e. The minimum Gasteiger partial charge on any atom is -0.265 e. The first-order valence-corrected chi connectivity index (χ1v) is 12.5. The van der Waals surface area contributed by atoms with Gasteiger partial charge in [0.25, 0.3) is 0 Å². The topological polar surface area (TPSA) is 89.3 Å². The Morgan fingerprint density at radius 2 is 1.86 bits per heavy atom. The Bertz CT molecular complexity index is 1120. The van der Waals surface area contributed by atoms with Gasteiger partial charge in [0.2, 0.25) is 10.0 Å². The van der Waals surface area contributed by atoms with Crippen LogP contribution in [0.3, 0.4) is 0 Å². The van der Waals surface area contributed by atoms with Crippen LogP contribution in [0.4, 0.5) is 0 Å². The van der Waals surface area contributed by atoms with Gasteiger partial charge in [0.05, 0.1) is 28.1 Å². The van der Waals surface area contributed by atoms with Crippen LogP contribution in [0.5, 0.6) is 0 Å². The highest BCUT2D eigenvalue weighted by molar-refractivity contribution is 7.91. The van der Waals surface area contributed by atoms with Crippen molar-refractivity contribution in [3.63, 3.8) is 0 Å². The van der Waals surface area contributed by atoms with E-state index in [4.69, 9.17) is 0 Å². The highest BCUT2D eigenvalue weighted by Crippen LogP contribution is 2.28. The Hall–Kier alpha value is -1.71. The van der Waals surface area contributed by atoms with Crippen LogP contribution in [0.15, 0.2) is 23.1 Å². The van der Waals surface area contributed by atoms with E-state index in [-0.39, 0.29) is 29.0 Å². The SMILES string of the molecule is Cc1ccc(S(=O)(=O)N(C)Cc2c(C)nn([C@H]3CCS(=O)(=O)C3)c2C)cc1C. The number of nitrogens with zero attached hydrogens (tertiary/aromatic N) is 3. The Labute approximate surface area is 167 Å². The zero-order valence-corrected chi connectivity index (χ0v) is 18.6. The van der Waals surface area contributed by atoms with Gasteiger partial charge in [-0.2, -0.15) is 9.40 Å². The molecule has 1 aromatic heterocycles. The van der Waals surface area contributed by atoms with Crippen molar-refractivity contribution in [2.45, 2.75) is 51.6 Å². The molecule has 1 saturated heterocycles. The van der Waals surface area contributed by atoms with Crippen LogP contribution in [-0.2, 0) is 26.4 Å². The molecule has 154 valence electrons. The number of rotatable bonds is 5. The summed E-state index contributed by atoms with van der Waals surface area (Å²) in [5.74, 6) is 0.261. The van der Waals surface area contributed by atoms with Crippen molar-refractivity contribution in [2.75, 3.05) is 18.6 Å². The van der Waals surface area contributed by atoms with Gasteiger partial charge in [-0.15, -0.1) is 0 Å². The predicted octanol–water partition coefficient (Wildman–Crippen LogP) is 2.30. The Kier molecular flexibility index (Phi) is 5.46. The van der Waals surface area contributed by atoms with E-state index in [0.717, 1.165) is 28.1 Å². The summed E-state index contributed by atoms with van der Waals surface area (Å²) in [6, 6.07) is 4.94. The third-order valence-corrected chi connectivity index (χ3v) is 9.15. The molecule has 0 unspecified atom stereocenters. The van der Waals surface area contributed by atoms with Gasteiger partial charge in [-0.05, 0) is 57.4 Å². The summed E-state index contributed by atoms with van der Waals surface area (Å²) in [6.07, 6.45) is 0.542. The second-order valence-corrected chi connectivity index (χ2v) is 11.9. The molecule has 0 amide bonds. The molecule has 2 aromatic rings. The van der Waals surface area contributed by atoms with E-state index >= 15 is 0 Å². The zero-order valence-electron chi connectivity index (χ0n) is 16.9. The van der Waals surface area contributed by atoms with Crippen molar-refractivity contribution < 1.29 is 16.8 Å². The molecule has 2 heterocycles. The molecule has 0 N–H and O–H groups in total. The number of sulfonamides is 1. The summed E-state index contributed by atoms with van der Waals surface area (Å²) in [5.41, 5.74) is 4.34. The number of hydrogen-bond donors (Lipinski definition) is 0. The number of hydrogen-bond acceptors (Lipinski definition) is 5. The Morgan fingerprint density at radius 3 is 2.43 bits per heavy atom. The first-order chi connectivity index (χ1) is 12.9. The smallest absolute Gasteiger partial charge is 0.243 e. The average Bonchev–Trinajstić information content (AvgIpc) is 3.10. The number of aromatic nitrogens is 2. The number of sulfone groups is 1. The lowest BCUT2D eigenvalue weighted by atomic mass is 10.1. The lowest BCUT2D eigenvalue weighted by molar-refractivity contribution is 0.461. The Morgan fingerprint density at radius 1 is 1.18 bits per heavy atom. The maximum atomic E-state index is 13.0. The van der Waals surface area contributed by atoms with Crippen molar-refractivity contribution in [3.05, 3.63) is 46.3 Å². The van der Waals surface area contributed by atoms with Crippen LogP contribution in [-0.4, -0.2) is 49.5 Å². The summed E-state index contributed by atoms with van der Waals surface area (Å²) in [6.45, 7) is 7.73. The fraction of sp³-hybridized carbons (Fsp3) is 0.526. The molecule has 0 spiro atoms. The lowest BCUT2D eigenvalue weighted by Crippen LogP contribution is -2.27. The second kappa shape index (κ2) is 7.27. The summed E-state index contributed by atoms with van der Waals surface area (Å²) in [4.78, 5) is 0.266. The van der Waals surface area contributed by atoms with Gasteiger partial charge in [0.1, 0.15) is 0 Å². The van der Waals surface area contributed by atoms with Gasteiger partial charge >= 0.3 is 0 Å². The summed E-state index contributed by atoms with van der Waals surface area (Å²) in [5, 5.41) is 4.52. The monoisotopic (exact) mass is 425 g/mol. The average molecular weight is 426 g/mol. The third-order valence-electron chi connectivity index (χ3n) is 5.60. The molecule has 0 bridgehead atoms. The van der Waals surface area contributed by atoms with E-state index in [2.05, 4.69) is 5.10 Å². The highest BCUT2D eigenvalue weighted by Gasteiger charge is 2.32. The van der Waals surface area contributed by atoms with Crippen LogP contribution in [0.25, 0.3) is 0 Å². The van der Waals surface area contributed by atoms with Crippen molar-refractivity contribution in [3.8, 4) is 0 Å². The fourth-order valence-electron chi connectivity index (χ4n) is 3.61. The van der Waals surface area contributed by atoms with Gasteiger partial charge in [-0.3, -0.25) is 4.68 Å². The van der Waals surface area contributed by atoms with Gasteiger partial charge in [0, 0.05) is 24.8 Å². The molecule has 28 heavy (non-hydrogen) atoms. The molecule has 1 fully saturated rings. The molecular formula is C19H27N3O4S2. The fourth-order valence-corrected chi connectivity index (χ4v) is 6.53. The van der Waals surface area contributed by atoms with Gasteiger partial charge < -0.3 is 0 Å². The molecule has 0 radical (unpaired) electrons. The minimum absolute atomic E-state index is 0.0885. The standard InChI is InChI=1S/C19H27N3O4S2/c1-13-6-7-18(10-14(13)2)28(25,26)21(5)11-19-15(3)20-22(16(19)4)17-8-9-27(23,24)12-17/h6-7,10,17H,8-9,11-12H2,1-5H3/t17-/m0/s1. The summed E-state index contributed by atoms with van der Waals surface area (Å²) < 4.78 is 52.7. The molecule has 3 rings (SSSR count). The zero-order chi connectivity index (χ0) is 20.9. The maximum absolute atomic E-state index is 13.0. The molecule has 1 aromatic carbocycles. The largest absolute Gasteiger partial charge is 0.265 e. The first kappa shape index (κ1) is 21.0. The Balaban J connectivity index is 1.88. The molecule has 9 heteroatoms. The van der Waals surface area contributed by atoms with Gasteiger partial charge in [-0.25, -0.2) is 16.8 Å². The van der Waals surface area contributed by atoms with Crippen LogP contribution < -0.4 is 0 Å². The lowest BCUT2D eigenvalue weighted by Gasteiger charge is -2.18. The summed E-state index contributed by atoms with van der Waals surface area (Å²) in [7, 11) is -5.10. The molecule has 1 aliphatic rings. The van der Waals surface area contributed by atoms with E-state index in [1.165, 1.54) is 4.31 Å². The molecular weight excluding hydrogens is 398 g/mol. The molecule has 1 aliphatic heterocycles. The molecule has 1 atom stereocenters. The molecule has 0 saturated carbocycles. The predicted molar refractivity (Wildman–Crippen MR) is 109 cm³/mol. The van der Waals surface area contributed by atoms with Crippen molar-refractivity contribution in [2.24, 2.45) is 0 Å². The van der Waals surface area contributed by atoms with E-state index in [0.29, 0.717) is 6.42 Å². The second-order valence-electron chi connectivity index (χ2n) is 7.66. The highest BCUT2D eigenvalue weighted by atomic mass is 32.2. The third kappa shape index (κ3) is 3.88. The van der Waals surface area contributed by atoms with Crippen molar-refractivity contribution >= 4 is 19.9 Å². The molecule has 7 nitrogen and oxygen atoms in total. The van der Waals surface area contributed by atoms with Crippen LogP contribution in [0.2, 0.25) is 0 Å². The quantitative estimate of drug-likeness (QED) is 0.733. The van der Waals surface area contributed by atoms with Crippen molar-refractivity contribution in [1.29, 1.82) is 0 Å². The number of aryl methyl sites for hydroxylation is 3. The first-order valence-electron chi connectivity index (χ1n) is 9.21. The van der Waals surface area contributed by atoms with E-state index < -0.39 is 19.9 Å². The van der Waals surface area contributed by atoms with Crippen LogP contribution in [0.1, 0.15) is 40.5 Å². The molecule has 0 aliphatic carbocycles.